The molecule has 0 fully saturated rings. The van der Waals surface area contributed by atoms with Crippen LogP contribution in [-0.4, -0.2) is 11.5 Å². The summed E-state index contributed by atoms with van der Waals surface area (Å²) in [4.78, 5) is 4.26. The van der Waals surface area contributed by atoms with Gasteiger partial charge in [0.2, 0.25) is 0 Å². The molecule has 1 atom stereocenters. The predicted octanol–water partition coefficient (Wildman–Crippen LogP) is 4.51. The summed E-state index contributed by atoms with van der Waals surface area (Å²) in [5.74, 6) is 0. The average Bonchev–Trinajstić information content (AvgIpc) is 2.55. The van der Waals surface area contributed by atoms with Crippen LogP contribution in [-0.2, 0) is 6.42 Å². The smallest absolute Gasteiger partial charge is 0.0591 e. The van der Waals surface area contributed by atoms with Crippen LogP contribution in [0, 0.1) is 0 Å². The molecule has 112 valence electrons. The lowest BCUT2D eigenvalue weighted by molar-refractivity contribution is 0.597. The van der Waals surface area contributed by atoms with Gasteiger partial charge in [-0.05, 0) is 48.6 Å². The van der Waals surface area contributed by atoms with Crippen molar-refractivity contribution in [1.29, 1.82) is 0 Å². The molecular weight excluding hydrogens is 256 g/mol. The molecule has 0 saturated carbocycles. The first-order valence-electron chi connectivity index (χ1n) is 8.07. The number of hydrogen-bond acceptors (Lipinski definition) is 2. The van der Waals surface area contributed by atoms with E-state index in [1.54, 1.807) is 0 Å². The van der Waals surface area contributed by atoms with Gasteiger partial charge < -0.3 is 5.32 Å². The van der Waals surface area contributed by atoms with Crippen LogP contribution in [0.2, 0.25) is 0 Å². The maximum absolute atomic E-state index is 4.26. The van der Waals surface area contributed by atoms with Crippen molar-refractivity contribution in [2.45, 2.75) is 45.6 Å². The minimum atomic E-state index is 0.235. The summed E-state index contributed by atoms with van der Waals surface area (Å²) in [6.07, 6.45) is 8.60. The molecule has 1 aromatic heterocycles. The molecule has 21 heavy (non-hydrogen) atoms. The molecule has 1 unspecified atom stereocenters. The molecule has 0 saturated heterocycles. The number of pyridine rings is 1. The van der Waals surface area contributed by atoms with Crippen LogP contribution in [0.5, 0.6) is 0 Å². The van der Waals surface area contributed by atoms with Crippen LogP contribution < -0.4 is 5.32 Å². The van der Waals surface area contributed by atoms with Gasteiger partial charge >= 0.3 is 0 Å². The first-order chi connectivity index (χ1) is 10.3. The molecule has 2 nitrogen and oxygen atoms in total. The molecule has 2 heteroatoms. The molecule has 1 aromatic carbocycles. The zero-order valence-electron chi connectivity index (χ0n) is 13.2. The molecule has 2 aromatic rings. The van der Waals surface area contributed by atoms with Gasteiger partial charge in [-0.2, -0.15) is 0 Å². The van der Waals surface area contributed by atoms with E-state index in [1.165, 1.54) is 36.0 Å². The second kappa shape index (κ2) is 8.58. The highest BCUT2D eigenvalue weighted by atomic mass is 14.9. The van der Waals surface area contributed by atoms with Crippen molar-refractivity contribution in [3.8, 4) is 0 Å². The Hall–Kier alpha value is -1.67. The van der Waals surface area contributed by atoms with E-state index in [0.717, 1.165) is 13.0 Å². The van der Waals surface area contributed by atoms with Crippen molar-refractivity contribution < 1.29 is 0 Å². The second-order valence-electron chi connectivity index (χ2n) is 5.52. The first-order valence-corrected chi connectivity index (χ1v) is 8.07. The third-order valence-corrected chi connectivity index (χ3v) is 3.75. The van der Waals surface area contributed by atoms with Gasteiger partial charge in [-0.25, -0.2) is 0 Å². The van der Waals surface area contributed by atoms with Gasteiger partial charge in [0.1, 0.15) is 0 Å². The van der Waals surface area contributed by atoms with Crippen molar-refractivity contribution in [2.24, 2.45) is 0 Å². The molecule has 0 aliphatic carbocycles. The molecule has 0 bridgehead atoms. The summed E-state index contributed by atoms with van der Waals surface area (Å²) in [6.45, 7) is 5.44. The third kappa shape index (κ3) is 4.68. The zero-order valence-corrected chi connectivity index (χ0v) is 13.2. The van der Waals surface area contributed by atoms with Crippen LogP contribution in [0.15, 0.2) is 48.8 Å². The minimum absolute atomic E-state index is 0.235. The Kier molecular flexibility index (Phi) is 6.42. The Morgan fingerprint density at radius 3 is 2.43 bits per heavy atom. The normalized spacial score (nSPS) is 12.3. The van der Waals surface area contributed by atoms with Crippen molar-refractivity contribution in [2.75, 3.05) is 6.54 Å². The Balaban J connectivity index is 2.16. The number of rotatable bonds is 8. The highest BCUT2D eigenvalue weighted by Gasteiger charge is 2.13. The predicted molar refractivity (Wildman–Crippen MR) is 89.4 cm³/mol. The van der Waals surface area contributed by atoms with E-state index in [0.29, 0.717) is 0 Å². The fourth-order valence-corrected chi connectivity index (χ4v) is 2.52. The van der Waals surface area contributed by atoms with E-state index in [1.807, 2.05) is 18.5 Å². The summed E-state index contributed by atoms with van der Waals surface area (Å²) in [7, 11) is 0. The van der Waals surface area contributed by atoms with Crippen molar-refractivity contribution in [3.63, 3.8) is 0 Å². The van der Waals surface area contributed by atoms with Gasteiger partial charge in [-0.1, -0.05) is 50.6 Å². The van der Waals surface area contributed by atoms with Crippen LogP contribution in [0.25, 0.3) is 0 Å². The van der Waals surface area contributed by atoms with E-state index < -0.39 is 0 Å². The lowest BCUT2D eigenvalue weighted by Crippen LogP contribution is -2.23. The van der Waals surface area contributed by atoms with Gasteiger partial charge in [-0.15, -0.1) is 0 Å². The molecule has 1 heterocycles. The van der Waals surface area contributed by atoms with E-state index in [4.69, 9.17) is 0 Å². The Morgan fingerprint density at radius 2 is 1.81 bits per heavy atom. The van der Waals surface area contributed by atoms with E-state index in [2.05, 4.69) is 54.5 Å². The average molecular weight is 282 g/mol. The van der Waals surface area contributed by atoms with Gasteiger partial charge in [0.05, 0.1) is 6.04 Å². The number of hydrogen-bond donors (Lipinski definition) is 1. The summed E-state index contributed by atoms with van der Waals surface area (Å²) < 4.78 is 0. The van der Waals surface area contributed by atoms with Crippen molar-refractivity contribution in [1.82, 2.24) is 10.3 Å². The molecule has 0 aliphatic rings. The van der Waals surface area contributed by atoms with E-state index in [9.17, 15) is 0 Å². The Labute approximate surface area is 128 Å². The number of aromatic nitrogens is 1. The third-order valence-electron chi connectivity index (χ3n) is 3.75. The molecule has 0 aliphatic heterocycles. The number of unbranched alkanes of at least 4 members (excludes halogenated alkanes) is 1. The fraction of sp³-hybridized carbons (Fsp3) is 0.421. The van der Waals surface area contributed by atoms with Gasteiger partial charge in [0.25, 0.3) is 0 Å². The summed E-state index contributed by atoms with van der Waals surface area (Å²) in [6, 6.07) is 13.4. The van der Waals surface area contributed by atoms with E-state index >= 15 is 0 Å². The standard InChI is InChI=1S/C19H26N2/c1-3-5-7-16-9-11-17(12-10-16)19(21-13-4-2)18-8-6-14-20-15-18/h6,8-12,14-15,19,21H,3-5,7,13H2,1-2H3. The Bertz CT molecular complexity index is 505. The lowest BCUT2D eigenvalue weighted by Gasteiger charge is -2.19. The van der Waals surface area contributed by atoms with Gasteiger partial charge in [0, 0.05) is 12.4 Å². The summed E-state index contributed by atoms with van der Waals surface area (Å²) in [5, 5.41) is 3.62. The molecule has 2 rings (SSSR count). The summed E-state index contributed by atoms with van der Waals surface area (Å²) in [5.41, 5.74) is 3.98. The van der Waals surface area contributed by atoms with Crippen LogP contribution in [0.3, 0.4) is 0 Å². The maximum atomic E-state index is 4.26. The fourth-order valence-electron chi connectivity index (χ4n) is 2.52. The second-order valence-corrected chi connectivity index (χ2v) is 5.52. The first kappa shape index (κ1) is 15.7. The zero-order chi connectivity index (χ0) is 14.9. The number of nitrogens with zero attached hydrogens (tertiary/aromatic N) is 1. The van der Waals surface area contributed by atoms with Gasteiger partial charge in [0.15, 0.2) is 0 Å². The number of nitrogens with one attached hydrogen (secondary N) is 1. The maximum Gasteiger partial charge on any atom is 0.0591 e. The summed E-state index contributed by atoms with van der Waals surface area (Å²) >= 11 is 0. The monoisotopic (exact) mass is 282 g/mol. The SMILES string of the molecule is CCCCc1ccc(C(NCCC)c2cccnc2)cc1. The van der Waals surface area contributed by atoms with Crippen LogP contribution >= 0.6 is 0 Å². The minimum Gasteiger partial charge on any atom is -0.306 e. The lowest BCUT2D eigenvalue weighted by atomic mass is 9.97. The quantitative estimate of drug-likeness (QED) is 0.770. The molecule has 0 spiro atoms. The molecule has 0 radical (unpaired) electrons. The largest absolute Gasteiger partial charge is 0.306 e. The number of aryl methyl sites for hydroxylation is 1. The molecule has 0 amide bonds. The number of benzene rings is 1. The molecular formula is C19H26N2. The van der Waals surface area contributed by atoms with Crippen LogP contribution in [0.4, 0.5) is 0 Å². The molecule has 1 N–H and O–H groups in total. The topological polar surface area (TPSA) is 24.9 Å². The Morgan fingerprint density at radius 1 is 1.00 bits per heavy atom. The van der Waals surface area contributed by atoms with Crippen LogP contribution in [0.1, 0.15) is 55.8 Å². The van der Waals surface area contributed by atoms with Gasteiger partial charge in [-0.3, -0.25) is 4.98 Å². The highest BCUT2D eigenvalue weighted by Crippen LogP contribution is 2.22. The van der Waals surface area contributed by atoms with Crippen molar-refractivity contribution >= 4 is 0 Å². The highest BCUT2D eigenvalue weighted by molar-refractivity contribution is 5.32. The van der Waals surface area contributed by atoms with Crippen molar-refractivity contribution in [3.05, 3.63) is 65.5 Å². The van der Waals surface area contributed by atoms with E-state index in [-0.39, 0.29) is 6.04 Å².